The molecule has 0 N–H and O–H groups in total. The molecule has 1 heterocycles. The highest BCUT2D eigenvalue weighted by atomic mass is 16.8. The second-order valence-electron chi connectivity index (χ2n) is 6.83. The number of fused-ring (bicyclic) bond motifs is 1. The van der Waals surface area contributed by atoms with Gasteiger partial charge in [-0.3, -0.25) is 4.79 Å². The molecular formula is C15H24O5. The van der Waals surface area contributed by atoms with Gasteiger partial charge >= 0.3 is 5.97 Å². The molecule has 20 heavy (non-hydrogen) atoms. The number of carbonyl (C=O) groups excluding carboxylic acids is 1. The third-order valence-corrected chi connectivity index (χ3v) is 3.24. The lowest BCUT2D eigenvalue weighted by Gasteiger charge is -2.35. The zero-order valence-electron chi connectivity index (χ0n) is 13.1. The maximum atomic E-state index is 11.5. The fourth-order valence-electron chi connectivity index (χ4n) is 2.51. The van der Waals surface area contributed by atoms with E-state index in [0.717, 1.165) is 0 Å². The molecular weight excluding hydrogens is 260 g/mol. The molecule has 0 radical (unpaired) electrons. The van der Waals surface area contributed by atoms with Crippen molar-refractivity contribution in [2.75, 3.05) is 6.61 Å². The highest BCUT2D eigenvalue weighted by Gasteiger charge is 2.57. The molecule has 5 nitrogen and oxygen atoms in total. The molecule has 2 rings (SSSR count). The number of esters is 1. The summed E-state index contributed by atoms with van der Waals surface area (Å²) >= 11 is 0. The van der Waals surface area contributed by atoms with Crippen LogP contribution in [-0.2, 0) is 23.7 Å². The fraction of sp³-hybridized carbons (Fsp3) is 0.800. The zero-order valence-corrected chi connectivity index (χ0v) is 13.1. The molecule has 1 fully saturated rings. The Balaban J connectivity index is 2.20. The Morgan fingerprint density at radius 2 is 1.95 bits per heavy atom. The van der Waals surface area contributed by atoms with Gasteiger partial charge in [0.05, 0.1) is 12.2 Å². The third-order valence-electron chi connectivity index (χ3n) is 3.24. The van der Waals surface area contributed by atoms with Gasteiger partial charge in [0.15, 0.2) is 11.4 Å². The summed E-state index contributed by atoms with van der Waals surface area (Å²) in [7, 11) is 0. The Morgan fingerprint density at radius 3 is 2.50 bits per heavy atom. The predicted molar refractivity (Wildman–Crippen MR) is 73.2 cm³/mol. The van der Waals surface area contributed by atoms with E-state index in [0.29, 0.717) is 0 Å². The summed E-state index contributed by atoms with van der Waals surface area (Å²) < 4.78 is 23.1. The molecule has 1 saturated heterocycles. The molecule has 0 aromatic heterocycles. The molecule has 2 aliphatic rings. The van der Waals surface area contributed by atoms with Crippen molar-refractivity contribution in [3.63, 3.8) is 0 Å². The smallest absolute Gasteiger partial charge is 0.303 e. The molecule has 0 aromatic rings. The summed E-state index contributed by atoms with van der Waals surface area (Å²) in [6, 6.07) is 0. The van der Waals surface area contributed by atoms with Gasteiger partial charge in [-0.1, -0.05) is 6.08 Å². The second kappa shape index (κ2) is 4.83. The van der Waals surface area contributed by atoms with Gasteiger partial charge in [0.25, 0.3) is 0 Å². The lowest BCUT2D eigenvalue weighted by atomic mass is 9.99. The van der Waals surface area contributed by atoms with Crippen LogP contribution >= 0.6 is 0 Å². The number of ether oxygens (including phenoxy) is 4. The first-order chi connectivity index (χ1) is 9.03. The van der Waals surface area contributed by atoms with Crippen molar-refractivity contribution in [2.24, 2.45) is 0 Å². The maximum Gasteiger partial charge on any atom is 0.303 e. The molecule has 1 aliphatic heterocycles. The van der Waals surface area contributed by atoms with E-state index < -0.39 is 11.4 Å². The van der Waals surface area contributed by atoms with E-state index in [1.54, 1.807) is 0 Å². The predicted octanol–water partition coefficient (Wildman–Crippen LogP) is 2.19. The van der Waals surface area contributed by atoms with Gasteiger partial charge in [-0.05, 0) is 40.7 Å². The maximum absolute atomic E-state index is 11.5. The van der Waals surface area contributed by atoms with E-state index in [1.807, 2.05) is 46.8 Å². The minimum atomic E-state index is -0.919. The summed E-state index contributed by atoms with van der Waals surface area (Å²) in [5.74, 6) is -1.05. The molecule has 0 spiro atoms. The normalized spacial score (nSPS) is 35.1. The van der Waals surface area contributed by atoms with E-state index in [-0.39, 0.29) is 30.4 Å². The average molecular weight is 284 g/mol. The first-order valence-electron chi connectivity index (χ1n) is 6.92. The Hall–Kier alpha value is -0.910. The number of carbonyl (C=O) groups is 1. The first kappa shape index (κ1) is 15.5. The van der Waals surface area contributed by atoms with Crippen LogP contribution in [0.5, 0.6) is 0 Å². The van der Waals surface area contributed by atoms with E-state index in [9.17, 15) is 4.79 Å². The molecule has 0 unspecified atom stereocenters. The van der Waals surface area contributed by atoms with E-state index in [1.165, 1.54) is 6.92 Å². The van der Waals surface area contributed by atoms with Crippen LogP contribution in [0, 0.1) is 0 Å². The van der Waals surface area contributed by atoms with Crippen molar-refractivity contribution in [3.8, 4) is 0 Å². The zero-order chi connectivity index (χ0) is 15.2. The van der Waals surface area contributed by atoms with Crippen molar-refractivity contribution in [1.29, 1.82) is 0 Å². The molecule has 0 bridgehead atoms. The standard InChI is InChI=1S/C15H24O5/c1-10(16)18-15(9-17-13(2,3)4)8-7-11-12(15)20-14(5,6)19-11/h7-8,11-12H,9H2,1-6H3/t11-,12-,15-/m0/s1. The number of hydrogen-bond acceptors (Lipinski definition) is 5. The summed E-state index contributed by atoms with van der Waals surface area (Å²) in [6.45, 7) is 11.2. The molecule has 0 amide bonds. The van der Waals surface area contributed by atoms with Crippen LogP contribution in [0.3, 0.4) is 0 Å². The van der Waals surface area contributed by atoms with E-state index >= 15 is 0 Å². The van der Waals surface area contributed by atoms with Gasteiger partial charge in [-0.15, -0.1) is 0 Å². The van der Waals surface area contributed by atoms with Gasteiger partial charge in [0.2, 0.25) is 0 Å². The second-order valence-corrected chi connectivity index (χ2v) is 6.83. The van der Waals surface area contributed by atoms with Crippen molar-refractivity contribution in [3.05, 3.63) is 12.2 Å². The van der Waals surface area contributed by atoms with E-state index in [2.05, 4.69) is 0 Å². The molecule has 0 aromatic carbocycles. The van der Waals surface area contributed by atoms with Gasteiger partial charge in [-0.25, -0.2) is 0 Å². The fourth-order valence-corrected chi connectivity index (χ4v) is 2.51. The average Bonchev–Trinajstić information content (AvgIpc) is 2.70. The number of hydrogen-bond donors (Lipinski definition) is 0. The van der Waals surface area contributed by atoms with Crippen LogP contribution in [0.1, 0.15) is 41.5 Å². The lowest BCUT2D eigenvalue weighted by molar-refractivity contribution is -0.197. The highest BCUT2D eigenvalue weighted by Crippen LogP contribution is 2.42. The van der Waals surface area contributed by atoms with Gasteiger partial charge in [0.1, 0.15) is 12.2 Å². The Morgan fingerprint density at radius 1 is 1.30 bits per heavy atom. The largest absolute Gasteiger partial charge is 0.450 e. The molecule has 5 heteroatoms. The molecule has 3 atom stereocenters. The molecule has 114 valence electrons. The van der Waals surface area contributed by atoms with Crippen LogP contribution in [0.25, 0.3) is 0 Å². The van der Waals surface area contributed by atoms with Crippen molar-refractivity contribution in [2.45, 2.75) is 70.7 Å². The van der Waals surface area contributed by atoms with Crippen molar-refractivity contribution in [1.82, 2.24) is 0 Å². The van der Waals surface area contributed by atoms with Gasteiger partial charge in [0, 0.05) is 6.92 Å². The third kappa shape index (κ3) is 3.22. The first-order valence-corrected chi connectivity index (χ1v) is 6.92. The monoisotopic (exact) mass is 284 g/mol. The van der Waals surface area contributed by atoms with Crippen LogP contribution in [0.2, 0.25) is 0 Å². The Labute approximate surface area is 120 Å². The number of rotatable bonds is 3. The van der Waals surface area contributed by atoms with Crippen molar-refractivity contribution < 1.29 is 23.7 Å². The summed E-state index contributed by atoms with van der Waals surface area (Å²) in [5.41, 5.74) is -1.24. The topological polar surface area (TPSA) is 54.0 Å². The molecule has 0 saturated carbocycles. The van der Waals surface area contributed by atoms with Crippen LogP contribution < -0.4 is 0 Å². The van der Waals surface area contributed by atoms with Crippen LogP contribution in [0.15, 0.2) is 12.2 Å². The lowest BCUT2D eigenvalue weighted by Crippen LogP contribution is -2.50. The molecule has 1 aliphatic carbocycles. The van der Waals surface area contributed by atoms with Crippen molar-refractivity contribution >= 4 is 5.97 Å². The van der Waals surface area contributed by atoms with Crippen LogP contribution in [-0.4, -0.2) is 41.8 Å². The minimum absolute atomic E-state index is 0.215. The summed E-state index contributed by atoms with van der Waals surface area (Å²) in [6.07, 6.45) is 3.12. The Bertz CT molecular complexity index is 420. The van der Waals surface area contributed by atoms with Gasteiger partial charge in [-0.2, -0.15) is 0 Å². The van der Waals surface area contributed by atoms with Gasteiger partial charge < -0.3 is 18.9 Å². The summed E-state index contributed by atoms with van der Waals surface area (Å²) in [5, 5.41) is 0. The SMILES string of the molecule is CC(=O)O[C@]1(COC(C)(C)C)C=C[C@@H]2OC(C)(C)O[C@@H]21. The quantitative estimate of drug-likeness (QED) is 0.587. The summed E-state index contributed by atoms with van der Waals surface area (Å²) in [4.78, 5) is 11.5. The highest BCUT2D eigenvalue weighted by molar-refractivity contribution is 5.67. The minimum Gasteiger partial charge on any atom is -0.450 e. The van der Waals surface area contributed by atoms with Crippen LogP contribution in [0.4, 0.5) is 0 Å². The Kier molecular flexibility index (Phi) is 3.73. The van der Waals surface area contributed by atoms with E-state index in [4.69, 9.17) is 18.9 Å².